The molecular formula is C16H27NO4. The molecule has 0 spiro atoms. The lowest BCUT2D eigenvalue weighted by molar-refractivity contribution is -0.0423. The highest BCUT2D eigenvalue weighted by atomic mass is 16.5. The third-order valence-corrected chi connectivity index (χ3v) is 3.21. The van der Waals surface area contributed by atoms with Crippen molar-refractivity contribution < 1.29 is 19.3 Å². The Kier molecular flexibility index (Phi) is 8.30. The van der Waals surface area contributed by atoms with Gasteiger partial charge in [0.15, 0.2) is 0 Å². The van der Waals surface area contributed by atoms with Crippen LogP contribution >= 0.6 is 0 Å². The second kappa shape index (κ2) is 9.73. The molecule has 0 amide bonds. The van der Waals surface area contributed by atoms with Crippen molar-refractivity contribution in [2.24, 2.45) is 0 Å². The fraction of sp³-hybridized carbons (Fsp3) is 0.625. The maximum absolute atomic E-state index is 9.85. The maximum Gasteiger partial charge on any atom is 0.119 e. The van der Waals surface area contributed by atoms with E-state index < -0.39 is 6.10 Å². The first kappa shape index (κ1) is 17.9. The van der Waals surface area contributed by atoms with Gasteiger partial charge in [-0.1, -0.05) is 12.1 Å². The van der Waals surface area contributed by atoms with E-state index in [0.29, 0.717) is 6.61 Å². The molecule has 0 saturated heterocycles. The molecule has 0 aliphatic rings. The van der Waals surface area contributed by atoms with E-state index in [-0.39, 0.29) is 25.4 Å². The third-order valence-electron chi connectivity index (χ3n) is 3.21. The minimum Gasteiger partial charge on any atom is -0.491 e. The highest BCUT2D eigenvalue weighted by Crippen LogP contribution is 2.18. The maximum atomic E-state index is 9.85. The van der Waals surface area contributed by atoms with E-state index in [9.17, 15) is 5.11 Å². The van der Waals surface area contributed by atoms with Crippen LogP contribution in [0, 0.1) is 0 Å². The fourth-order valence-corrected chi connectivity index (χ4v) is 1.84. The summed E-state index contributed by atoms with van der Waals surface area (Å²) in [6.07, 6.45) is -0.695. The quantitative estimate of drug-likeness (QED) is 0.689. The Hall–Kier alpha value is -1.14. The number of rotatable bonds is 10. The van der Waals surface area contributed by atoms with E-state index in [1.54, 1.807) is 7.11 Å². The molecular weight excluding hydrogens is 270 g/mol. The summed E-state index contributed by atoms with van der Waals surface area (Å²) < 4.78 is 16.0. The van der Waals surface area contributed by atoms with Gasteiger partial charge in [-0.05, 0) is 38.6 Å². The molecule has 0 aliphatic heterocycles. The van der Waals surface area contributed by atoms with E-state index in [1.165, 1.54) is 0 Å². The first-order chi connectivity index (χ1) is 10.1. The van der Waals surface area contributed by atoms with Crippen molar-refractivity contribution in [2.45, 2.75) is 32.1 Å². The molecule has 3 atom stereocenters. The summed E-state index contributed by atoms with van der Waals surface area (Å²) in [5.41, 5.74) is 1.15. The zero-order chi connectivity index (χ0) is 15.7. The molecule has 0 fully saturated rings. The van der Waals surface area contributed by atoms with Crippen LogP contribution in [-0.2, 0) is 9.47 Å². The number of hydrogen-bond donors (Lipinski definition) is 2. The predicted octanol–water partition coefficient (Wildman–Crippen LogP) is 1.76. The van der Waals surface area contributed by atoms with Crippen LogP contribution in [0.4, 0.5) is 0 Å². The molecule has 0 radical (unpaired) electrons. The van der Waals surface area contributed by atoms with Crippen LogP contribution in [0.5, 0.6) is 5.75 Å². The van der Waals surface area contributed by atoms with Gasteiger partial charge in [0.1, 0.15) is 18.5 Å². The molecule has 21 heavy (non-hydrogen) atoms. The van der Waals surface area contributed by atoms with Gasteiger partial charge < -0.3 is 24.6 Å². The van der Waals surface area contributed by atoms with E-state index >= 15 is 0 Å². The molecule has 0 bridgehead atoms. The smallest absolute Gasteiger partial charge is 0.119 e. The van der Waals surface area contributed by atoms with Crippen molar-refractivity contribution >= 4 is 0 Å². The van der Waals surface area contributed by atoms with Crippen LogP contribution < -0.4 is 10.1 Å². The van der Waals surface area contributed by atoms with Crippen molar-refractivity contribution in [1.29, 1.82) is 0 Å². The molecule has 0 saturated carbocycles. The predicted molar refractivity (Wildman–Crippen MR) is 82.7 cm³/mol. The summed E-state index contributed by atoms with van der Waals surface area (Å²) in [7, 11) is 3.54. The lowest BCUT2D eigenvalue weighted by Crippen LogP contribution is -2.27. The van der Waals surface area contributed by atoms with Gasteiger partial charge in [-0.25, -0.2) is 0 Å². The highest BCUT2D eigenvalue weighted by Gasteiger charge is 2.10. The van der Waals surface area contributed by atoms with Gasteiger partial charge >= 0.3 is 0 Å². The molecule has 5 heteroatoms. The first-order valence-electron chi connectivity index (χ1n) is 7.25. The number of ether oxygens (including phenoxy) is 3. The molecule has 3 unspecified atom stereocenters. The second-order valence-corrected chi connectivity index (χ2v) is 5.15. The Bertz CT molecular complexity index is 400. The van der Waals surface area contributed by atoms with Gasteiger partial charge in [-0.3, -0.25) is 0 Å². The fourth-order valence-electron chi connectivity index (χ4n) is 1.84. The van der Waals surface area contributed by atoms with Gasteiger partial charge in [0.25, 0.3) is 0 Å². The molecule has 1 rings (SSSR count). The molecule has 120 valence electrons. The zero-order valence-corrected chi connectivity index (χ0v) is 13.3. The Balaban J connectivity index is 2.37. The zero-order valence-electron chi connectivity index (χ0n) is 13.3. The minimum absolute atomic E-state index is 0.0375. The highest BCUT2D eigenvalue weighted by molar-refractivity contribution is 5.30. The lowest BCUT2D eigenvalue weighted by Gasteiger charge is -2.17. The van der Waals surface area contributed by atoms with Gasteiger partial charge in [0.2, 0.25) is 0 Å². The summed E-state index contributed by atoms with van der Waals surface area (Å²) in [6, 6.07) is 8.11. The van der Waals surface area contributed by atoms with Crippen LogP contribution in [0.3, 0.4) is 0 Å². The van der Waals surface area contributed by atoms with E-state index in [0.717, 1.165) is 11.3 Å². The Morgan fingerprint density at radius 2 is 1.95 bits per heavy atom. The number of hydrogen-bond acceptors (Lipinski definition) is 5. The second-order valence-electron chi connectivity index (χ2n) is 5.15. The standard InChI is InChI=1S/C16H27NO4/c1-12(9-19-4)20-10-15(18)11-21-16-7-5-6-14(8-16)13(2)17-3/h5-8,12-13,15,17-18H,9-11H2,1-4H3. The Morgan fingerprint density at radius 3 is 2.62 bits per heavy atom. The van der Waals surface area contributed by atoms with E-state index in [4.69, 9.17) is 14.2 Å². The van der Waals surface area contributed by atoms with E-state index in [2.05, 4.69) is 12.2 Å². The molecule has 0 aliphatic carbocycles. The van der Waals surface area contributed by atoms with Crippen molar-refractivity contribution in [1.82, 2.24) is 5.32 Å². The molecule has 5 nitrogen and oxygen atoms in total. The van der Waals surface area contributed by atoms with Gasteiger partial charge in [0.05, 0.1) is 19.3 Å². The first-order valence-corrected chi connectivity index (χ1v) is 7.25. The van der Waals surface area contributed by atoms with Gasteiger partial charge in [0, 0.05) is 13.2 Å². The summed E-state index contributed by atoms with van der Waals surface area (Å²) in [6.45, 7) is 4.93. The van der Waals surface area contributed by atoms with Crippen molar-refractivity contribution in [2.75, 3.05) is 34.0 Å². The van der Waals surface area contributed by atoms with E-state index in [1.807, 2.05) is 38.2 Å². The minimum atomic E-state index is -0.658. The van der Waals surface area contributed by atoms with Crippen LogP contribution in [-0.4, -0.2) is 51.3 Å². The summed E-state index contributed by atoms with van der Waals surface area (Å²) in [5, 5.41) is 13.0. The Labute approximate surface area is 127 Å². The van der Waals surface area contributed by atoms with Crippen molar-refractivity contribution in [3.63, 3.8) is 0 Å². The van der Waals surface area contributed by atoms with Crippen LogP contribution in [0.1, 0.15) is 25.5 Å². The SMILES string of the molecule is CNC(C)c1cccc(OCC(O)COC(C)COC)c1. The summed E-state index contributed by atoms with van der Waals surface area (Å²) in [4.78, 5) is 0. The molecule has 1 aromatic carbocycles. The Morgan fingerprint density at radius 1 is 1.19 bits per heavy atom. The monoisotopic (exact) mass is 297 g/mol. The summed E-state index contributed by atoms with van der Waals surface area (Å²) >= 11 is 0. The average molecular weight is 297 g/mol. The number of nitrogens with one attached hydrogen (secondary N) is 1. The summed E-state index contributed by atoms with van der Waals surface area (Å²) in [5.74, 6) is 0.749. The molecule has 0 heterocycles. The third kappa shape index (κ3) is 6.91. The van der Waals surface area contributed by atoms with Crippen molar-refractivity contribution in [3.05, 3.63) is 29.8 Å². The topological polar surface area (TPSA) is 60.0 Å². The molecule has 0 aromatic heterocycles. The average Bonchev–Trinajstić information content (AvgIpc) is 2.50. The van der Waals surface area contributed by atoms with Crippen LogP contribution in [0.2, 0.25) is 0 Å². The normalized spacial score (nSPS) is 15.5. The lowest BCUT2D eigenvalue weighted by atomic mass is 10.1. The number of benzene rings is 1. The molecule has 1 aromatic rings. The van der Waals surface area contributed by atoms with Gasteiger partial charge in [-0.2, -0.15) is 0 Å². The number of aliphatic hydroxyl groups is 1. The van der Waals surface area contributed by atoms with Crippen LogP contribution in [0.15, 0.2) is 24.3 Å². The van der Waals surface area contributed by atoms with Crippen molar-refractivity contribution in [3.8, 4) is 5.75 Å². The number of aliphatic hydroxyl groups excluding tert-OH is 1. The van der Waals surface area contributed by atoms with Crippen LogP contribution in [0.25, 0.3) is 0 Å². The number of methoxy groups -OCH3 is 1. The van der Waals surface area contributed by atoms with Gasteiger partial charge in [-0.15, -0.1) is 0 Å². The molecule has 2 N–H and O–H groups in total. The largest absolute Gasteiger partial charge is 0.491 e.